The molecular weight excluding hydrogens is 1100 g/mol. The van der Waals surface area contributed by atoms with Gasteiger partial charge < -0.3 is 60.6 Å². The van der Waals surface area contributed by atoms with Crippen molar-refractivity contribution in [2.24, 2.45) is 44.2 Å². The third-order valence-corrected chi connectivity index (χ3v) is 14.7. The van der Waals surface area contributed by atoms with Crippen LogP contribution < -0.4 is 41.8 Å². The number of carbonyl (C=O) groups is 8. The first-order valence-corrected chi connectivity index (χ1v) is 29.5. The van der Waals surface area contributed by atoms with Crippen molar-refractivity contribution in [1.29, 1.82) is 0 Å². The molecule has 4 aliphatic rings. The second kappa shape index (κ2) is 40.5. The fourth-order valence-electron chi connectivity index (χ4n) is 6.37. The van der Waals surface area contributed by atoms with Gasteiger partial charge in [-0.25, -0.2) is 54.2 Å². The second-order valence-electron chi connectivity index (χ2n) is 16.3. The van der Waals surface area contributed by atoms with Gasteiger partial charge in [0.1, 0.15) is 0 Å². The minimum absolute atomic E-state index is 0.241. The van der Waals surface area contributed by atoms with E-state index in [0.717, 1.165) is 27.7 Å². The molecule has 4 heterocycles. The lowest BCUT2D eigenvalue weighted by Gasteiger charge is -2.26. The quantitative estimate of drug-likeness (QED) is 0.0649. The van der Waals surface area contributed by atoms with E-state index in [2.05, 4.69) is 21.3 Å². The molecule has 32 nitrogen and oxygen atoms in total. The van der Waals surface area contributed by atoms with E-state index >= 15 is 0 Å². The normalized spacial score (nSPS) is 22.9. The largest absolute Gasteiger partial charge is 0.481 e. The Morgan fingerprint density at radius 3 is 0.592 bits per heavy atom. The van der Waals surface area contributed by atoms with E-state index in [1.165, 1.54) is 0 Å². The molecule has 0 saturated carbocycles. The number of primary sulfonamides is 4. The summed E-state index contributed by atoms with van der Waals surface area (Å²) in [7, 11) is -14.3. The van der Waals surface area contributed by atoms with Crippen molar-refractivity contribution in [1.82, 2.24) is 21.3 Å². The molecule has 448 valence electrons. The Hall–Kier alpha value is -4.76. The van der Waals surface area contributed by atoms with Gasteiger partial charge in [-0.1, -0.05) is 0 Å². The first-order chi connectivity index (χ1) is 34.7. The van der Waals surface area contributed by atoms with Gasteiger partial charge in [-0.15, -0.1) is 0 Å². The fourth-order valence-corrected chi connectivity index (χ4v) is 9.77. The van der Waals surface area contributed by atoms with Crippen molar-refractivity contribution in [3.63, 3.8) is 0 Å². The molecule has 0 aliphatic carbocycles. The summed E-state index contributed by atoms with van der Waals surface area (Å²) >= 11 is 0. The van der Waals surface area contributed by atoms with Crippen LogP contribution >= 0.6 is 0 Å². The summed E-state index contributed by atoms with van der Waals surface area (Å²) in [6.45, 7) is 15.4. The van der Waals surface area contributed by atoms with Crippen LogP contribution in [0, 0.1) is 23.7 Å². The number of nitrogens with one attached hydrogen (secondary N) is 4. The van der Waals surface area contributed by atoms with Crippen molar-refractivity contribution in [3.8, 4) is 0 Å². The summed E-state index contributed by atoms with van der Waals surface area (Å²) in [5.41, 5.74) is 0. The Kier molecular flexibility index (Phi) is 41.4. The molecule has 0 aromatic carbocycles. The molecular formula is C40H80N8O24S4. The molecule has 0 aromatic rings. The average molecular weight is 1190 g/mol. The minimum atomic E-state index is -3.58. The van der Waals surface area contributed by atoms with E-state index in [9.17, 15) is 52.8 Å². The van der Waals surface area contributed by atoms with Crippen LogP contribution in [0.1, 0.15) is 81.1 Å². The van der Waals surface area contributed by atoms with Gasteiger partial charge in [0.25, 0.3) is 23.9 Å². The van der Waals surface area contributed by atoms with Crippen molar-refractivity contribution in [2.75, 3.05) is 78.8 Å². The van der Waals surface area contributed by atoms with E-state index in [-0.39, 0.29) is 49.6 Å². The highest BCUT2D eigenvalue weighted by molar-refractivity contribution is 7.90. The number of carboxylic acid groups (broad SMARTS) is 4. The first-order valence-electron chi connectivity index (χ1n) is 23.1. The Balaban J connectivity index is -0.000000414. The van der Waals surface area contributed by atoms with Gasteiger partial charge in [-0.3, -0.25) is 38.4 Å². The lowest BCUT2D eigenvalue weighted by Crippen LogP contribution is -2.48. The van der Waals surface area contributed by atoms with Crippen molar-refractivity contribution in [3.05, 3.63) is 0 Å². The lowest BCUT2D eigenvalue weighted by atomic mass is 10.00. The van der Waals surface area contributed by atoms with Gasteiger partial charge in [0.05, 0.1) is 71.1 Å². The molecule has 4 aliphatic heterocycles. The summed E-state index contributed by atoms with van der Waals surface area (Å²) in [4.78, 5) is 81.5. The Morgan fingerprint density at radius 2 is 0.487 bits per heavy atom. The standard InChI is InChI=1S/4C8H16N2O4S.4C2H4O2/c4*1-2-14-8(11)6-3-7(5-10-4-6)15(9,12)13;4*1-2(3)4/h4*6-7,10H,2-5H2,1H3,(H2,9,12,13);4*1H3,(H,3,4)/t2*6-,7+;2*6-,7-;;;;/m1010..../s1. The minimum Gasteiger partial charge on any atom is -0.481 e. The van der Waals surface area contributed by atoms with Crippen LogP contribution in [-0.2, 0) is 97.4 Å². The molecule has 36 heteroatoms. The molecule has 16 N–H and O–H groups in total. The van der Waals surface area contributed by atoms with Gasteiger partial charge in [-0.2, -0.15) is 0 Å². The van der Waals surface area contributed by atoms with E-state index in [1.54, 1.807) is 27.7 Å². The highest BCUT2D eigenvalue weighted by atomic mass is 32.2. The molecule has 4 saturated heterocycles. The molecule has 4 fully saturated rings. The third-order valence-electron chi connectivity index (χ3n) is 9.58. The third kappa shape index (κ3) is 42.4. The summed E-state index contributed by atoms with van der Waals surface area (Å²) in [6.07, 6.45) is 0.963. The van der Waals surface area contributed by atoms with Gasteiger partial charge >= 0.3 is 23.9 Å². The Morgan fingerprint density at radius 1 is 0.355 bits per heavy atom. The fraction of sp³-hybridized carbons (Fsp3) is 0.800. The molecule has 0 radical (unpaired) electrons. The van der Waals surface area contributed by atoms with Crippen LogP contribution in [0.5, 0.6) is 0 Å². The number of nitrogens with two attached hydrogens (primary N) is 4. The van der Waals surface area contributed by atoms with Crippen LogP contribution in [0.2, 0.25) is 0 Å². The molecule has 76 heavy (non-hydrogen) atoms. The highest BCUT2D eigenvalue weighted by Crippen LogP contribution is 2.20. The molecule has 0 aromatic heterocycles. The van der Waals surface area contributed by atoms with Crippen LogP contribution in [0.15, 0.2) is 0 Å². The molecule has 0 spiro atoms. The number of hydrogen-bond acceptors (Lipinski definition) is 24. The number of piperidine rings is 4. The number of ether oxygens (including phenoxy) is 4. The van der Waals surface area contributed by atoms with Crippen LogP contribution in [0.3, 0.4) is 0 Å². The van der Waals surface area contributed by atoms with Crippen molar-refractivity contribution < 1.29 is 111 Å². The molecule has 0 amide bonds. The average Bonchev–Trinajstić information content (AvgIpc) is 3.28. The van der Waals surface area contributed by atoms with E-state index in [1.807, 2.05) is 0 Å². The van der Waals surface area contributed by atoms with Gasteiger partial charge in [0, 0.05) is 80.1 Å². The number of aliphatic carboxylic acids is 4. The molecule has 0 unspecified atom stereocenters. The smallest absolute Gasteiger partial charge is 0.310 e. The summed E-state index contributed by atoms with van der Waals surface area (Å²) in [6, 6.07) is 0. The van der Waals surface area contributed by atoms with Crippen LogP contribution in [-0.4, -0.2) is 202 Å². The Labute approximate surface area is 444 Å². The molecule has 0 bridgehead atoms. The second-order valence-corrected chi connectivity index (χ2v) is 23.7. The number of hydrogen-bond donors (Lipinski definition) is 12. The van der Waals surface area contributed by atoms with Crippen LogP contribution in [0.25, 0.3) is 0 Å². The van der Waals surface area contributed by atoms with Gasteiger partial charge in [0.2, 0.25) is 40.1 Å². The zero-order chi connectivity index (χ0) is 60.2. The van der Waals surface area contributed by atoms with E-state index in [4.69, 9.17) is 79.1 Å². The topological polar surface area (TPSA) is 543 Å². The highest BCUT2D eigenvalue weighted by Gasteiger charge is 2.36. The van der Waals surface area contributed by atoms with Crippen molar-refractivity contribution >= 4 is 87.8 Å². The number of carbonyl (C=O) groups excluding carboxylic acids is 4. The predicted octanol–water partition coefficient (Wildman–Crippen LogP) is -4.37. The summed E-state index contributed by atoms with van der Waals surface area (Å²) < 4.78 is 108. The SMILES string of the molecule is CC(=O)O.CC(=O)O.CC(=O)O.CC(=O)O.CCOC(=O)[C@@H]1CNC[C@@H](S(N)(=O)=O)C1.CCOC(=O)[C@@H]1CNC[C@H](S(N)(=O)=O)C1.CCOC(=O)[C@H]1CNC[C@@H](S(N)(=O)=O)C1.CCOC(=O)[C@H]1CNC[C@H](S(N)(=O)=O)C1. The zero-order valence-corrected chi connectivity index (χ0v) is 47.1. The van der Waals surface area contributed by atoms with Crippen molar-refractivity contribution in [2.45, 2.75) is 102 Å². The number of sulfonamides is 4. The predicted molar refractivity (Wildman–Crippen MR) is 271 cm³/mol. The number of carboxylic acids is 4. The molecule has 4 rings (SSSR count). The maximum absolute atomic E-state index is 11.4. The Bertz CT molecular complexity index is 1930. The first kappa shape index (κ1) is 77.7. The number of rotatable bonds is 12. The number of esters is 4. The summed E-state index contributed by atoms with van der Waals surface area (Å²) in [5, 5.41) is 58.5. The summed E-state index contributed by atoms with van der Waals surface area (Å²) in [5.74, 6) is -6.44. The van der Waals surface area contributed by atoms with E-state index in [0.29, 0.717) is 78.8 Å². The maximum Gasteiger partial charge on any atom is 0.310 e. The zero-order valence-electron chi connectivity index (χ0n) is 43.8. The van der Waals surface area contributed by atoms with Gasteiger partial charge in [0.15, 0.2) is 0 Å². The molecule has 8 atom stereocenters. The maximum atomic E-state index is 11.4. The van der Waals surface area contributed by atoms with Gasteiger partial charge in [-0.05, 0) is 53.4 Å². The monoisotopic (exact) mass is 1180 g/mol. The lowest BCUT2D eigenvalue weighted by molar-refractivity contribution is -0.149. The van der Waals surface area contributed by atoms with E-state index < -0.39 is 109 Å². The van der Waals surface area contributed by atoms with Crippen LogP contribution in [0.4, 0.5) is 0 Å².